The van der Waals surface area contributed by atoms with E-state index in [1.807, 2.05) is 0 Å². The fourth-order valence-corrected chi connectivity index (χ4v) is 1.21. The Balaban J connectivity index is 3.32. The van der Waals surface area contributed by atoms with Crippen molar-refractivity contribution in [3.63, 3.8) is 0 Å². The van der Waals surface area contributed by atoms with Crippen LogP contribution in [0.5, 0.6) is 0 Å². The molecule has 2 nitrogen and oxygen atoms in total. The van der Waals surface area contributed by atoms with Crippen LogP contribution in [0, 0.1) is 5.92 Å². The van der Waals surface area contributed by atoms with Crippen molar-refractivity contribution in [1.82, 2.24) is 0 Å². The highest BCUT2D eigenvalue weighted by atomic mass is 16.5. The molecule has 2 heteroatoms. The van der Waals surface area contributed by atoms with Crippen molar-refractivity contribution in [2.24, 2.45) is 5.92 Å². The molecule has 0 saturated heterocycles. The lowest BCUT2D eigenvalue weighted by Gasteiger charge is -2.08. The number of rotatable bonds is 6. The van der Waals surface area contributed by atoms with Crippen LogP contribution >= 0.6 is 0 Å². The van der Waals surface area contributed by atoms with Crippen LogP contribution in [0.4, 0.5) is 0 Å². The zero-order valence-electron chi connectivity index (χ0n) is 8.43. The molecule has 0 amide bonds. The van der Waals surface area contributed by atoms with E-state index in [0.29, 0.717) is 12.3 Å². The minimum absolute atomic E-state index is 0.0843. The third-order valence-corrected chi connectivity index (χ3v) is 2.04. The maximum absolute atomic E-state index is 10.8. The van der Waals surface area contributed by atoms with Gasteiger partial charge in [-0.2, -0.15) is 0 Å². The van der Waals surface area contributed by atoms with E-state index in [1.54, 1.807) is 0 Å². The van der Waals surface area contributed by atoms with Gasteiger partial charge in [-0.05, 0) is 5.92 Å². The SMILES string of the molecule is CCCCC[C@@H](C)CC(=O)OC. The zero-order valence-corrected chi connectivity index (χ0v) is 8.43. The standard InChI is InChI=1S/C10H20O2/c1-4-5-6-7-9(2)8-10(11)12-3/h9H,4-8H2,1-3H3/t9-/m1/s1. The predicted octanol–water partition coefficient (Wildman–Crippen LogP) is 2.77. The average Bonchev–Trinajstić information content (AvgIpc) is 2.05. The van der Waals surface area contributed by atoms with Crippen molar-refractivity contribution in [2.75, 3.05) is 7.11 Å². The molecule has 0 aromatic carbocycles. The van der Waals surface area contributed by atoms with Gasteiger partial charge in [0.25, 0.3) is 0 Å². The molecule has 12 heavy (non-hydrogen) atoms. The van der Waals surface area contributed by atoms with Gasteiger partial charge in [0, 0.05) is 6.42 Å². The summed E-state index contributed by atoms with van der Waals surface area (Å²) in [6.07, 6.45) is 5.45. The van der Waals surface area contributed by atoms with Crippen LogP contribution in [0.25, 0.3) is 0 Å². The Morgan fingerprint density at radius 1 is 1.42 bits per heavy atom. The zero-order chi connectivity index (χ0) is 9.40. The molecule has 72 valence electrons. The van der Waals surface area contributed by atoms with Gasteiger partial charge < -0.3 is 4.74 Å². The molecule has 0 fully saturated rings. The summed E-state index contributed by atoms with van der Waals surface area (Å²) < 4.78 is 4.59. The summed E-state index contributed by atoms with van der Waals surface area (Å²) >= 11 is 0. The van der Waals surface area contributed by atoms with Gasteiger partial charge >= 0.3 is 5.97 Å². The van der Waals surface area contributed by atoms with Crippen LogP contribution in [0.2, 0.25) is 0 Å². The van der Waals surface area contributed by atoms with Gasteiger partial charge in [-0.3, -0.25) is 4.79 Å². The summed E-state index contributed by atoms with van der Waals surface area (Å²) in [5.41, 5.74) is 0. The number of carbonyl (C=O) groups is 1. The Morgan fingerprint density at radius 3 is 2.58 bits per heavy atom. The van der Waals surface area contributed by atoms with Crippen LogP contribution in [-0.4, -0.2) is 13.1 Å². The second-order valence-electron chi connectivity index (χ2n) is 3.38. The van der Waals surface area contributed by atoms with Crippen molar-refractivity contribution < 1.29 is 9.53 Å². The molecule has 0 bridgehead atoms. The van der Waals surface area contributed by atoms with E-state index in [9.17, 15) is 4.79 Å². The Morgan fingerprint density at radius 2 is 2.08 bits per heavy atom. The van der Waals surface area contributed by atoms with Crippen LogP contribution in [0.15, 0.2) is 0 Å². The van der Waals surface area contributed by atoms with E-state index >= 15 is 0 Å². The van der Waals surface area contributed by atoms with Crippen molar-refractivity contribution >= 4 is 5.97 Å². The molecule has 0 aliphatic heterocycles. The minimum Gasteiger partial charge on any atom is -0.469 e. The average molecular weight is 172 g/mol. The van der Waals surface area contributed by atoms with E-state index < -0.39 is 0 Å². The second-order valence-corrected chi connectivity index (χ2v) is 3.38. The van der Waals surface area contributed by atoms with Crippen molar-refractivity contribution in [3.8, 4) is 0 Å². The lowest BCUT2D eigenvalue weighted by atomic mass is 10.0. The molecule has 0 radical (unpaired) electrons. The highest BCUT2D eigenvalue weighted by Gasteiger charge is 2.07. The topological polar surface area (TPSA) is 26.3 Å². The number of ether oxygens (including phenoxy) is 1. The first-order valence-corrected chi connectivity index (χ1v) is 4.77. The van der Waals surface area contributed by atoms with E-state index in [-0.39, 0.29) is 5.97 Å². The van der Waals surface area contributed by atoms with Crippen molar-refractivity contribution in [1.29, 1.82) is 0 Å². The molecule has 0 saturated carbocycles. The van der Waals surface area contributed by atoms with Crippen LogP contribution in [0.1, 0.15) is 46.0 Å². The van der Waals surface area contributed by atoms with E-state index in [4.69, 9.17) is 0 Å². The van der Waals surface area contributed by atoms with E-state index in [1.165, 1.54) is 26.4 Å². The minimum atomic E-state index is -0.0843. The quantitative estimate of drug-likeness (QED) is 0.455. The molecular weight excluding hydrogens is 152 g/mol. The molecule has 0 aromatic heterocycles. The Labute approximate surface area is 75.3 Å². The summed E-state index contributed by atoms with van der Waals surface area (Å²) in [5.74, 6) is 0.392. The third kappa shape index (κ3) is 6.20. The number of methoxy groups -OCH3 is 1. The van der Waals surface area contributed by atoms with Gasteiger partial charge in [0.05, 0.1) is 7.11 Å². The first kappa shape index (κ1) is 11.5. The summed E-state index contributed by atoms with van der Waals surface area (Å²) in [6, 6.07) is 0. The smallest absolute Gasteiger partial charge is 0.305 e. The molecular formula is C10H20O2. The lowest BCUT2D eigenvalue weighted by Crippen LogP contribution is -2.06. The second kappa shape index (κ2) is 7.14. The van der Waals surface area contributed by atoms with Crippen LogP contribution < -0.4 is 0 Å². The lowest BCUT2D eigenvalue weighted by molar-refractivity contribution is -0.141. The van der Waals surface area contributed by atoms with Crippen molar-refractivity contribution in [3.05, 3.63) is 0 Å². The maximum Gasteiger partial charge on any atom is 0.305 e. The molecule has 0 rings (SSSR count). The Bertz CT molecular complexity index is 121. The van der Waals surface area contributed by atoms with Crippen LogP contribution in [0.3, 0.4) is 0 Å². The first-order chi connectivity index (χ1) is 5.70. The number of unbranched alkanes of at least 4 members (excludes halogenated alkanes) is 2. The van der Waals surface area contributed by atoms with Gasteiger partial charge in [0.2, 0.25) is 0 Å². The van der Waals surface area contributed by atoms with E-state index in [2.05, 4.69) is 18.6 Å². The first-order valence-electron chi connectivity index (χ1n) is 4.77. The molecule has 0 aromatic rings. The third-order valence-electron chi connectivity index (χ3n) is 2.04. The number of carbonyl (C=O) groups excluding carboxylic acids is 1. The summed E-state index contributed by atoms with van der Waals surface area (Å²) in [7, 11) is 1.45. The van der Waals surface area contributed by atoms with Gasteiger partial charge in [0.15, 0.2) is 0 Å². The number of esters is 1. The van der Waals surface area contributed by atoms with Gasteiger partial charge in [-0.1, -0.05) is 39.5 Å². The molecule has 0 aliphatic carbocycles. The van der Waals surface area contributed by atoms with Gasteiger partial charge in [-0.25, -0.2) is 0 Å². The highest BCUT2D eigenvalue weighted by molar-refractivity contribution is 5.69. The maximum atomic E-state index is 10.8. The molecule has 0 heterocycles. The van der Waals surface area contributed by atoms with Gasteiger partial charge in [-0.15, -0.1) is 0 Å². The van der Waals surface area contributed by atoms with Crippen molar-refractivity contribution in [2.45, 2.75) is 46.0 Å². The monoisotopic (exact) mass is 172 g/mol. The molecule has 1 atom stereocenters. The molecule has 0 aliphatic rings. The normalized spacial score (nSPS) is 12.6. The molecule has 0 spiro atoms. The predicted molar refractivity (Wildman–Crippen MR) is 49.9 cm³/mol. The number of hydrogen-bond acceptors (Lipinski definition) is 2. The summed E-state index contributed by atoms with van der Waals surface area (Å²) in [5, 5.41) is 0. The van der Waals surface area contributed by atoms with Gasteiger partial charge in [0.1, 0.15) is 0 Å². The molecule has 0 unspecified atom stereocenters. The Hall–Kier alpha value is -0.530. The van der Waals surface area contributed by atoms with E-state index in [0.717, 1.165) is 6.42 Å². The van der Waals surface area contributed by atoms with Crippen LogP contribution in [-0.2, 0) is 9.53 Å². The fourth-order valence-electron chi connectivity index (χ4n) is 1.21. The largest absolute Gasteiger partial charge is 0.469 e. The Kier molecular flexibility index (Phi) is 6.82. The molecule has 0 N–H and O–H groups in total. The number of hydrogen-bond donors (Lipinski definition) is 0. The highest BCUT2D eigenvalue weighted by Crippen LogP contribution is 2.13. The summed E-state index contributed by atoms with van der Waals surface area (Å²) in [4.78, 5) is 10.8. The summed E-state index contributed by atoms with van der Waals surface area (Å²) in [6.45, 7) is 4.29. The fraction of sp³-hybridized carbons (Fsp3) is 0.900.